The van der Waals surface area contributed by atoms with Crippen LogP contribution in [0.25, 0.3) is 0 Å². The predicted octanol–water partition coefficient (Wildman–Crippen LogP) is 2.56. The molecule has 0 aromatic heterocycles. The van der Waals surface area contributed by atoms with E-state index in [1.807, 2.05) is 6.92 Å². The van der Waals surface area contributed by atoms with Crippen LogP contribution in [0.5, 0.6) is 0 Å². The molecule has 1 heterocycles. The van der Waals surface area contributed by atoms with E-state index < -0.39 is 0 Å². The monoisotopic (exact) mass is 252 g/mol. The first-order chi connectivity index (χ1) is 8.68. The minimum absolute atomic E-state index is 0.00588. The molecule has 3 unspecified atom stereocenters. The first-order valence-corrected chi connectivity index (χ1v) is 7.73. The molecule has 1 aliphatic heterocycles. The van der Waals surface area contributed by atoms with Crippen LogP contribution >= 0.6 is 0 Å². The van der Waals surface area contributed by atoms with Gasteiger partial charge >= 0.3 is 0 Å². The zero-order chi connectivity index (χ0) is 13.0. The normalized spacial score (nSPS) is 31.1. The van der Waals surface area contributed by atoms with Gasteiger partial charge in [-0.1, -0.05) is 19.8 Å². The topological polar surface area (TPSA) is 32.3 Å². The van der Waals surface area contributed by atoms with Crippen molar-refractivity contribution in [1.82, 2.24) is 10.2 Å². The maximum atomic E-state index is 12.3. The second-order valence-electron chi connectivity index (χ2n) is 6.14. The third-order valence-corrected chi connectivity index (χ3v) is 4.61. The van der Waals surface area contributed by atoms with Crippen LogP contribution in [0, 0.1) is 5.92 Å². The Bertz CT molecular complexity index is 274. The number of rotatable bonds is 3. The van der Waals surface area contributed by atoms with Gasteiger partial charge in [0.2, 0.25) is 5.91 Å². The Morgan fingerprint density at radius 3 is 2.44 bits per heavy atom. The Morgan fingerprint density at radius 1 is 1.11 bits per heavy atom. The van der Waals surface area contributed by atoms with Gasteiger partial charge in [-0.3, -0.25) is 4.79 Å². The molecule has 0 bridgehead atoms. The summed E-state index contributed by atoms with van der Waals surface area (Å²) in [7, 11) is 0. The fourth-order valence-electron chi connectivity index (χ4n) is 3.34. The van der Waals surface area contributed by atoms with Crippen LogP contribution in [0.1, 0.15) is 58.8 Å². The van der Waals surface area contributed by atoms with Crippen molar-refractivity contribution in [2.45, 2.75) is 70.9 Å². The van der Waals surface area contributed by atoms with Crippen LogP contribution in [0.15, 0.2) is 0 Å². The molecule has 0 aromatic rings. The molecule has 1 amide bonds. The zero-order valence-electron chi connectivity index (χ0n) is 12.0. The summed E-state index contributed by atoms with van der Waals surface area (Å²) in [4.78, 5) is 14.4. The minimum Gasteiger partial charge on any atom is -0.341 e. The SMILES string of the molecule is CC(NC1CCCCC1C)C(=O)N1CCCCC1. The Labute approximate surface area is 111 Å². The van der Waals surface area contributed by atoms with Crippen molar-refractivity contribution in [3.8, 4) is 0 Å². The van der Waals surface area contributed by atoms with Gasteiger partial charge in [0.1, 0.15) is 0 Å². The van der Waals surface area contributed by atoms with Gasteiger partial charge in [-0.2, -0.15) is 0 Å². The van der Waals surface area contributed by atoms with Gasteiger partial charge in [-0.05, 0) is 44.9 Å². The highest BCUT2D eigenvalue weighted by Gasteiger charge is 2.27. The van der Waals surface area contributed by atoms with Crippen LogP contribution in [0.3, 0.4) is 0 Å². The lowest BCUT2D eigenvalue weighted by molar-refractivity contribution is -0.134. The molecule has 1 saturated heterocycles. The van der Waals surface area contributed by atoms with Gasteiger partial charge in [-0.15, -0.1) is 0 Å². The van der Waals surface area contributed by atoms with E-state index in [0.717, 1.165) is 19.0 Å². The fraction of sp³-hybridized carbons (Fsp3) is 0.933. The van der Waals surface area contributed by atoms with E-state index in [9.17, 15) is 4.79 Å². The largest absolute Gasteiger partial charge is 0.341 e. The second-order valence-corrected chi connectivity index (χ2v) is 6.14. The first kappa shape index (κ1) is 13.9. The van der Waals surface area contributed by atoms with Crippen molar-refractivity contribution in [3.05, 3.63) is 0 Å². The first-order valence-electron chi connectivity index (χ1n) is 7.73. The van der Waals surface area contributed by atoms with Gasteiger partial charge in [-0.25, -0.2) is 0 Å². The van der Waals surface area contributed by atoms with Crippen LogP contribution < -0.4 is 5.32 Å². The zero-order valence-corrected chi connectivity index (χ0v) is 12.0. The van der Waals surface area contributed by atoms with Crippen molar-refractivity contribution >= 4 is 5.91 Å². The number of nitrogens with one attached hydrogen (secondary N) is 1. The van der Waals surface area contributed by atoms with Crippen LogP contribution in [0.4, 0.5) is 0 Å². The highest BCUT2D eigenvalue weighted by molar-refractivity contribution is 5.81. The van der Waals surface area contributed by atoms with Gasteiger partial charge in [0.05, 0.1) is 6.04 Å². The van der Waals surface area contributed by atoms with E-state index >= 15 is 0 Å². The molecule has 2 aliphatic rings. The summed E-state index contributed by atoms with van der Waals surface area (Å²) in [5.41, 5.74) is 0. The minimum atomic E-state index is -0.00588. The average Bonchev–Trinajstić information content (AvgIpc) is 2.41. The summed E-state index contributed by atoms with van der Waals surface area (Å²) in [6.45, 7) is 6.28. The van der Waals surface area contributed by atoms with E-state index in [0.29, 0.717) is 11.9 Å². The summed E-state index contributed by atoms with van der Waals surface area (Å²) in [6.07, 6.45) is 8.85. The van der Waals surface area contributed by atoms with E-state index in [-0.39, 0.29) is 6.04 Å². The second kappa shape index (κ2) is 6.55. The molecule has 3 heteroatoms. The average molecular weight is 252 g/mol. The summed E-state index contributed by atoms with van der Waals surface area (Å²) in [5.74, 6) is 1.03. The summed E-state index contributed by atoms with van der Waals surface area (Å²) in [6, 6.07) is 0.538. The summed E-state index contributed by atoms with van der Waals surface area (Å²) < 4.78 is 0. The maximum absolute atomic E-state index is 12.3. The maximum Gasteiger partial charge on any atom is 0.239 e. The van der Waals surface area contributed by atoms with E-state index in [4.69, 9.17) is 0 Å². The fourth-order valence-corrected chi connectivity index (χ4v) is 3.34. The molecule has 3 nitrogen and oxygen atoms in total. The molecule has 104 valence electrons. The number of carbonyl (C=O) groups is 1. The smallest absolute Gasteiger partial charge is 0.239 e. The van der Waals surface area contributed by atoms with Gasteiger partial charge < -0.3 is 10.2 Å². The molecule has 1 aliphatic carbocycles. The molecular formula is C15H28N2O. The Kier molecular flexibility index (Phi) is 5.04. The highest BCUT2D eigenvalue weighted by atomic mass is 16.2. The molecule has 2 fully saturated rings. The third kappa shape index (κ3) is 3.47. The number of likely N-dealkylation sites (tertiary alicyclic amines) is 1. The van der Waals surface area contributed by atoms with Crippen molar-refractivity contribution < 1.29 is 4.79 Å². The van der Waals surface area contributed by atoms with Crippen molar-refractivity contribution in [2.24, 2.45) is 5.92 Å². The molecule has 3 atom stereocenters. The molecular weight excluding hydrogens is 224 g/mol. The number of carbonyl (C=O) groups excluding carboxylic acids is 1. The molecule has 0 spiro atoms. The standard InChI is InChI=1S/C15H28N2O/c1-12-8-4-5-9-14(12)16-13(2)15(18)17-10-6-3-7-11-17/h12-14,16H,3-11H2,1-2H3. The molecule has 1 saturated carbocycles. The Balaban J connectivity index is 1.82. The van der Waals surface area contributed by atoms with Gasteiger partial charge in [0.15, 0.2) is 0 Å². The van der Waals surface area contributed by atoms with Gasteiger partial charge in [0.25, 0.3) is 0 Å². The number of piperidine rings is 1. The van der Waals surface area contributed by atoms with E-state index in [2.05, 4.69) is 17.1 Å². The lowest BCUT2D eigenvalue weighted by Crippen LogP contribution is -2.51. The summed E-state index contributed by atoms with van der Waals surface area (Å²) in [5, 5.41) is 3.57. The molecule has 1 N–H and O–H groups in total. The highest BCUT2D eigenvalue weighted by Crippen LogP contribution is 2.24. The van der Waals surface area contributed by atoms with Crippen molar-refractivity contribution in [1.29, 1.82) is 0 Å². The van der Waals surface area contributed by atoms with E-state index in [1.165, 1.54) is 44.9 Å². The molecule has 18 heavy (non-hydrogen) atoms. The lowest BCUT2D eigenvalue weighted by atomic mass is 9.85. The number of nitrogens with zero attached hydrogens (tertiary/aromatic N) is 1. The molecule has 0 radical (unpaired) electrons. The van der Waals surface area contributed by atoms with Crippen molar-refractivity contribution in [2.75, 3.05) is 13.1 Å². The number of hydrogen-bond acceptors (Lipinski definition) is 2. The number of hydrogen-bond donors (Lipinski definition) is 1. The van der Waals surface area contributed by atoms with E-state index in [1.54, 1.807) is 0 Å². The van der Waals surface area contributed by atoms with Crippen LogP contribution in [0.2, 0.25) is 0 Å². The third-order valence-electron chi connectivity index (χ3n) is 4.61. The molecule has 0 aromatic carbocycles. The Hall–Kier alpha value is -0.570. The number of amides is 1. The Morgan fingerprint density at radius 2 is 1.78 bits per heavy atom. The quantitative estimate of drug-likeness (QED) is 0.837. The van der Waals surface area contributed by atoms with Crippen molar-refractivity contribution in [3.63, 3.8) is 0 Å². The van der Waals surface area contributed by atoms with Crippen LogP contribution in [-0.4, -0.2) is 36.0 Å². The molecule has 2 rings (SSSR count). The van der Waals surface area contributed by atoms with Gasteiger partial charge in [0, 0.05) is 19.1 Å². The predicted molar refractivity (Wildman–Crippen MR) is 74.4 cm³/mol. The van der Waals surface area contributed by atoms with Crippen LogP contribution in [-0.2, 0) is 4.79 Å². The lowest BCUT2D eigenvalue weighted by Gasteiger charge is -2.34. The summed E-state index contributed by atoms with van der Waals surface area (Å²) >= 11 is 0.